The lowest BCUT2D eigenvalue weighted by Gasteiger charge is -2.23. The zero-order chi connectivity index (χ0) is 14.1. The maximum atomic E-state index is 9.80. The van der Waals surface area contributed by atoms with Gasteiger partial charge in [-0.05, 0) is 37.0 Å². The van der Waals surface area contributed by atoms with Crippen LogP contribution >= 0.6 is 0 Å². The van der Waals surface area contributed by atoms with Crippen LogP contribution in [-0.4, -0.2) is 20.4 Å². The molecule has 1 aromatic carbocycles. The molecular weight excluding hydrogens is 256 g/mol. The number of phenolic OH excluding ortho intramolecular Hbond substituents is 2. The van der Waals surface area contributed by atoms with Gasteiger partial charge in [-0.25, -0.2) is 0 Å². The highest BCUT2D eigenvalue weighted by molar-refractivity contribution is 5.64. The van der Waals surface area contributed by atoms with Crippen molar-refractivity contribution >= 4 is 0 Å². The Morgan fingerprint density at radius 3 is 2.65 bits per heavy atom. The van der Waals surface area contributed by atoms with Gasteiger partial charge < -0.3 is 14.7 Å². The number of benzene rings is 1. The van der Waals surface area contributed by atoms with Crippen LogP contribution in [-0.2, 0) is 0 Å². The summed E-state index contributed by atoms with van der Waals surface area (Å²) in [7, 11) is 0. The molecular formula is C15H18N2O3. The summed E-state index contributed by atoms with van der Waals surface area (Å²) in [6.07, 6.45) is 4.52. The lowest BCUT2D eigenvalue weighted by atomic mass is 9.83. The third-order valence-electron chi connectivity index (χ3n) is 4.03. The number of rotatable bonds is 2. The number of aromatic hydroxyl groups is 2. The quantitative estimate of drug-likeness (QED) is 0.820. The maximum Gasteiger partial charge on any atom is 0.261 e. The fourth-order valence-corrected chi connectivity index (χ4v) is 2.72. The van der Waals surface area contributed by atoms with Gasteiger partial charge >= 0.3 is 0 Å². The molecule has 5 nitrogen and oxygen atoms in total. The molecule has 0 amide bonds. The van der Waals surface area contributed by atoms with Crippen molar-refractivity contribution in [3.05, 3.63) is 24.0 Å². The van der Waals surface area contributed by atoms with Crippen molar-refractivity contribution in [3.63, 3.8) is 0 Å². The van der Waals surface area contributed by atoms with Crippen molar-refractivity contribution < 1.29 is 14.7 Å². The summed E-state index contributed by atoms with van der Waals surface area (Å²) < 4.78 is 5.23. The molecule has 0 spiro atoms. The molecule has 1 fully saturated rings. The molecule has 1 aliphatic rings. The molecule has 3 rings (SSSR count). The SMILES string of the molecule is CC1CCC(c2noc(-c3cc(O)ccc3O)n2)CC1. The van der Waals surface area contributed by atoms with Crippen LogP contribution in [0.1, 0.15) is 44.3 Å². The summed E-state index contributed by atoms with van der Waals surface area (Å²) in [4.78, 5) is 4.38. The Kier molecular flexibility index (Phi) is 3.34. The Balaban J connectivity index is 1.85. The average Bonchev–Trinajstić information content (AvgIpc) is 2.92. The fraction of sp³-hybridized carbons (Fsp3) is 0.467. The Bertz CT molecular complexity index is 601. The Labute approximate surface area is 117 Å². The minimum Gasteiger partial charge on any atom is -0.508 e. The highest BCUT2D eigenvalue weighted by atomic mass is 16.5. The van der Waals surface area contributed by atoms with Crippen molar-refractivity contribution in [1.29, 1.82) is 0 Å². The molecule has 1 aliphatic carbocycles. The predicted octanol–water partition coefficient (Wildman–Crippen LogP) is 3.44. The van der Waals surface area contributed by atoms with E-state index in [-0.39, 0.29) is 17.4 Å². The van der Waals surface area contributed by atoms with Gasteiger partial charge in [0.2, 0.25) is 0 Å². The van der Waals surface area contributed by atoms with Crippen LogP contribution in [0.2, 0.25) is 0 Å². The van der Waals surface area contributed by atoms with Gasteiger partial charge in [0, 0.05) is 5.92 Å². The maximum absolute atomic E-state index is 9.80. The van der Waals surface area contributed by atoms with Crippen LogP contribution in [0, 0.1) is 5.92 Å². The molecule has 1 aromatic heterocycles. The summed E-state index contributed by atoms with van der Waals surface area (Å²) >= 11 is 0. The van der Waals surface area contributed by atoms with Gasteiger partial charge in [-0.2, -0.15) is 4.98 Å². The molecule has 2 N–H and O–H groups in total. The van der Waals surface area contributed by atoms with Crippen molar-refractivity contribution in [2.45, 2.75) is 38.5 Å². The van der Waals surface area contributed by atoms with E-state index in [0.29, 0.717) is 17.3 Å². The topological polar surface area (TPSA) is 79.4 Å². The van der Waals surface area contributed by atoms with E-state index >= 15 is 0 Å². The second kappa shape index (κ2) is 5.15. The van der Waals surface area contributed by atoms with Gasteiger partial charge in [-0.1, -0.05) is 24.9 Å². The zero-order valence-electron chi connectivity index (χ0n) is 11.4. The van der Waals surface area contributed by atoms with Gasteiger partial charge in [0.15, 0.2) is 5.82 Å². The summed E-state index contributed by atoms with van der Waals surface area (Å²) in [5.74, 6) is 2.15. The number of hydrogen-bond acceptors (Lipinski definition) is 5. The van der Waals surface area contributed by atoms with E-state index in [2.05, 4.69) is 17.1 Å². The van der Waals surface area contributed by atoms with E-state index in [1.165, 1.54) is 31.0 Å². The smallest absolute Gasteiger partial charge is 0.261 e. The van der Waals surface area contributed by atoms with E-state index in [1.807, 2.05) is 0 Å². The third-order valence-corrected chi connectivity index (χ3v) is 4.03. The first-order valence-electron chi connectivity index (χ1n) is 6.99. The van der Waals surface area contributed by atoms with Gasteiger partial charge in [-0.3, -0.25) is 0 Å². The van der Waals surface area contributed by atoms with E-state index in [0.717, 1.165) is 18.8 Å². The Morgan fingerprint density at radius 2 is 1.90 bits per heavy atom. The van der Waals surface area contributed by atoms with Crippen LogP contribution < -0.4 is 0 Å². The molecule has 0 unspecified atom stereocenters. The molecule has 5 heteroatoms. The number of aromatic nitrogens is 2. The number of phenols is 2. The third kappa shape index (κ3) is 2.48. The molecule has 20 heavy (non-hydrogen) atoms. The first-order chi connectivity index (χ1) is 9.63. The Morgan fingerprint density at radius 1 is 1.15 bits per heavy atom. The molecule has 2 aromatic rings. The summed E-state index contributed by atoms with van der Waals surface area (Å²) in [6.45, 7) is 2.27. The highest BCUT2D eigenvalue weighted by Gasteiger charge is 2.24. The zero-order valence-corrected chi connectivity index (χ0v) is 11.4. The largest absolute Gasteiger partial charge is 0.508 e. The molecule has 1 heterocycles. The van der Waals surface area contributed by atoms with Crippen LogP contribution in [0.4, 0.5) is 0 Å². The van der Waals surface area contributed by atoms with E-state index in [4.69, 9.17) is 4.52 Å². The summed E-state index contributed by atoms with van der Waals surface area (Å²) in [5.41, 5.74) is 0.368. The second-order valence-corrected chi connectivity index (χ2v) is 5.62. The Hall–Kier alpha value is -2.04. The van der Waals surface area contributed by atoms with Gasteiger partial charge in [0.05, 0.1) is 5.56 Å². The summed E-state index contributed by atoms with van der Waals surface area (Å²) in [5, 5.41) is 23.3. The fourth-order valence-electron chi connectivity index (χ4n) is 2.72. The molecule has 0 aliphatic heterocycles. The van der Waals surface area contributed by atoms with Crippen LogP contribution in [0.5, 0.6) is 11.5 Å². The van der Waals surface area contributed by atoms with Gasteiger partial charge in [-0.15, -0.1) is 0 Å². The van der Waals surface area contributed by atoms with Crippen molar-refractivity contribution in [3.8, 4) is 23.0 Å². The standard InChI is InChI=1S/C15H18N2O3/c1-9-2-4-10(5-3-9)14-16-15(20-17-14)12-8-11(18)6-7-13(12)19/h6-10,18-19H,2-5H2,1H3. The van der Waals surface area contributed by atoms with E-state index < -0.39 is 0 Å². The first-order valence-corrected chi connectivity index (χ1v) is 6.99. The van der Waals surface area contributed by atoms with Crippen LogP contribution in [0.25, 0.3) is 11.5 Å². The molecule has 0 saturated heterocycles. The number of hydrogen-bond donors (Lipinski definition) is 2. The molecule has 0 bridgehead atoms. The number of nitrogens with zero attached hydrogens (tertiary/aromatic N) is 2. The predicted molar refractivity (Wildman–Crippen MR) is 73.4 cm³/mol. The normalized spacial score (nSPS) is 22.9. The molecule has 1 saturated carbocycles. The minimum absolute atomic E-state index is 0.0234. The average molecular weight is 274 g/mol. The first kappa shape index (κ1) is 13.0. The lowest BCUT2D eigenvalue weighted by molar-refractivity contribution is 0.328. The van der Waals surface area contributed by atoms with E-state index in [1.54, 1.807) is 0 Å². The molecule has 0 radical (unpaired) electrons. The second-order valence-electron chi connectivity index (χ2n) is 5.62. The van der Waals surface area contributed by atoms with Gasteiger partial charge in [0.25, 0.3) is 5.89 Å². The summed E-state index contributed by atoms with van der Waals surface area (Å²) in [6, 6.07) is 4.25. The molecule has 106 valence electrons. The van der Waals surface area contributed by atoms with E-state index in [9.17, 15) is 10.2 Å². The van der Waals surface area contributed by atoms with Crippen molar-refractivity contribution in [2.24, 2.45) is 5.92 Å². The highest BCUT2D eigenvalue weighted by Crippen LogP contribution is 2.36. The van der Waals surface area contributed by atoms with Gasteiger partial charge in [0.1, 0.15) is 11.5 Å². The monoisotopic (exact) mass is 274 g/mol. The van der Waals surface area contributed by atoms with Crippen LogP contribution in [0.15, 0.2) is 22.7 Å². The molecule has 0 atom stereocenters. The minimum atomic E-state index is 0.0234. The van der Waals surface area contributed by atoms with Crippen molar-refractivity contribution in [1.82, 2.24) is 10.1 Å². The van der Waals surface area contributed by atoms with Crippen LogP contribution in [0.3, 0.4) is 0 Å². The van der Waals surface area contributed by atoms with Crippen molar-refractivity contribution in [2.75, 3.05) is 0 Å². The lowest BCUT2D eigenvalue weighted by Crippen LogP contribution is -2.11.